The molecule has 0 heterocycles. The molecule has 0 fully saturated rings. The number of carbonyl (C=O) groups is 1. The first-order valence-electron chi connectivity index (χ1n) is 3.50. The molecule has 0 aliphatic heterocycles. The Balaban J connectivity index is 3.28. The Bertz CT molecular complexity index is 353. The van der Waals surface area contributed by atoms with Crippen LogP contribution in [0.2, 0.25) is 0 Å². The summed E-state index contributed by atoms with van der Waals surface area (Å²) < 4.78 is 23.9. The topological polar surface area (TPSA) is 77.8 Å². The summed E-state index contributed by atoms with van der Waals surface area (Å²) in [4.78, 5) is 10.7. The van der Waals surface area contributed by atoms with Crippen molar-refractivity contribution in [1.29, 1.82) is 0 Å². The van der Waals surface area contributed by atoms with Gasteiger partial charge in [0, 0.05) is 12.1 Å². The van der Waals surface area contributed by atoms with E-state index in [9.17, 15) is 13.6 Å². The Morgan fingerprint density at radius 1 is 1.14 bits per heavy atom. The van der Waals surface area contributed by atoms with Gasteiger partial charge in [-0.3, -0.25) is 4.79 Å². The number of aromatic hydroxyl groups is 3. The van der Waals surface area contributed by atoms with E-state index in [0.29, 0.717) is 12.1 Å². The highest BCUT2D eigenvalue weighted by Gasteiger charge is 2.25. The summed E-state index contributed by atoms with van der Waals surface area (Å²) in [7, 11) is 0. The molecule has 0 amide bonds. The standard InChI is InChI=1S/C8H6F2O4/c9-8(10)7(14)6-4(12)1-3(11)2-5(6)13/h1-2,8,11-13H. The lowest BCUT2D eigenvalue weighted by Crippen LogP contribution is -2.10. The fourth-order valence-electron chi connectivity index (χ4n) is 0.959. The molecule has 1 rings (SSSR count). The van der Waals surface area contributed by atoms with Gasteiger partial charge in [-0.1, -0.05) is 0 Å². The van der Waals surface area contributed by atoms with Crippen LogP contribution < -0.4 is 0 Å². The first-order chi connectivity index (χ1) is 6.43. The van der Waals surface area contributed by atoms with E-state index in [1.54, 1.807) is 0 Å². The molecule has 0 aromatic heterocycles. The number of ketones is 1. The van der Waals surface area contributed by atoms with E-state index >= 15 is 0 Å². The number of Topliss-reactive ketones (excluding diaryl/α,β-unsaturated/α-hetero) is 1. The van der Waals surface area contributed by atoms with Gasteiger partial charge in [-0.25, -0.2) is 8.78 Å². The van der Waals surface area contributed by atoms with Crippen LogP contribution >= 0.6 is 0 Å². The van der Waals surface area contributed by atoms with Crippen molar-refractivity contribution in [2.75, 3.05) is 0 Å². The highest BCUT2D eigenvalue weighted by atomic mass is 19.3. The van der Waals surface area contributed by atoms with Crippen LogP contribution in [0.25, 0.3) is 0 Å². The van der Waals surface area contributed by atoms with Crippen molar-refractivity contribution >= 4 is 5.78 Å². The molecule has 3 N–H and O–H groups in total. The van der Waals surface area contributed by atoms with Gasteiger partial charge in [0.25, 0.3) is 0 Å². The summed E-state index contributed by atoms with van der Waals surface area (Å²) >= 11 is 0. The monoisotopic (exact) mass is 204 g/mol. The second-order valence-corrected chi connectivity index (χ2v) is 2.52. The zero-order valence-electron chi connectivity index (χ0n) is 6.74. The minimum atomic E-state index is -3.32. The van der Waals surface area contributed by atoms with Crippen LogP contribution in [0.1, 0.15) is 10.4 Å². The van der Waals surface area contributed by atoms with Gasteiger partial charge in [0.15, 0.2) is 0 Å². The number of hydrogen-bond donors (Lipinski definition) is 3. The summed E-state index contributed by atoms with van der Waals surface area (Å²) in [5.74, 6) is -3.98. The van der Waals surface area contributed by atoms with Crippen molar-refractivity contribution in [3.8, 4) is 17.2 Å². The number of benzene rings is 1. The summed E-state index contributed by atoms with van der Waals surface area (Å²) in [5, 5.41) is 26.9. The Morgan fingerprint density at radius 3 is 1.93 bits per heavy atom. The fourth-order valence-corrected chi connectivity index (χ4v) is 0.959. The maximum Gasteiger partial charge on any atom is 0.300 e. The third-order valence-electron chi connectivity index (χ3n) is 1.53. The molecule has 1 aromatic rings. The smallest absolute Gasteiger partial charge is 0.300 e. The van der Waals surface area contributed by atoms with Gasteiger partial charge in [-0.15, -0.1) is 0 Å². The minimum Gasteiger partial charge on any atom is -0.508 e. The van der Waals surface area contributed by atoms with E-state index < -0.39 is 35.0 Å². The van der Waals surface area contributed by atoms with Crippen molar-refractivity contribution < 1.29 is 28.9 Å². The molecule has 0 atom stereocenters. The third kappa shape index (κ3) is 1.73. The van der Waals surface area contributed by atoms with Crippen LogP contribution in [-0.4, -0.2) is 27.5 Å². The first-order valence-corrected chi connectivity index (χ1v) is 3.50. The number of alkyl halides is 2. The predicted octanol–water partition coefficient (Wildman–Crippen LogP) is 1.25. The lowest BCUT2D eigenvalue weighted by molar-refractivity contribution is 0.0672. The minimum absolute atomic E-state index is 0.522. The normalized spacial score (nSPS) is 10.5. The average Bonchev–Trinajstić information content (AvgIpc) is 2.01. The Labute approximate surface area is 77.0 Å². The Hall–Kier alpha value is -1.85. The average molecular weight is 204 g/mol. The number of halogens is 2. The van der Waals surface area contributed by atoms with Crippen molar-refractivity contribution in [2.45, 2.75) is 6.43 Å². The Kier molecular flexibility index (Phi) is 2.55. The van der Waals surface area contributed by atoms with Gasteiger partial charge < -0.3 is 15.3 Å². The molecule has 4 nitrogen and oxygen atoms in total. The zero-order chi connectivity index (χ0) is 10.9. The van der Waals surface area contributed by atoms with E-state index in [0.717, 1.165) is 0 Å². The predicted molar refractivity (Wildman–Crippen MR) is 41.8 cm³/mol. The third-order valence-corrected chi connectivity index (χ3v) is 1.53. The highest BCUT2D eigenvalue weighted by molar-refractivity contribution is 6.03. The van der Waals surface area contributed by atoms with E-state index in [1.165, 1.54) is 0 Å². The molecule has 0 saturated heterocycles. The van der Waals surface area contributed by atoms with Crippen LogP contribution in [0.15, 0.2) is 12.1 Å². The van der Waals surface area contributed by atoms with Gasteiger partial charge >= 0.3 is 6.43 Å². The van der Waals surface area contributed by atoms with Crippen LogP contribution in [0.5, 0.6) is 17.2 Å². The van der Waals surface area contributed by atoms with E-state index in [-0.39, 0.29) is 0 Å². The van der Waals surface area contributed by atoms with Gasteiger partial charge in [-0.05, 0) is 0 Å². The molecule has 76 valence electrons. The van der Waals surface area contributed by atoms with Crippen LogP contribution in [0, 0.1) is 0 Å². The van der Waals surface area contributed by atoms with Crippen molar-refractivity contribution in [3.63, 3.8) is 0 Å². The highest BCUT2D eigenvalue weighted by Crippen LogP contribution is 2.33. The van der Waals surface area contributed by atoms with Gasteiger partial charge in [0.1, 0.15) is 22.8 Å². The fraction of sp³-hybridized carbons (Fsp3) is 0.125. The SMILES string of the molecule is O=C(c1c(O)cc(O)cc1O)C(F)F. The summed E-state index contributed by atoms with van der Waals surface area (Å²) in [5.41, 5.74) is -0.891. The summed E-state index contributed by atoms with van der Waals surface area (Å²) in [6.07, 6.45) is -3.32. The molecular weight excluding hydrogens is 198 g/mol. The van der Waals surface area contributed by atoms with Gasteiger partial charge in [-0.2, -0.15) is 0 Å². The van der Waals surface area contributed by atoms with Crippen molar-refractivity contribution in [3.05, 3.63) is 17.7 Å². The van der Waals surface area contributed by atoms with Crippen LogP contribution in [0.4, 0.5) is 8.78 Å². The summed E-state index contributed by atoms with van der Waals surface area (Å²) in [6, 6.07) is 1.38. The van der Waals surface area contributed by atoms with E-state index in [2.05, 4.69) is 0 Å². The zero-order valence-corrected chi connectivity index (χ0v) is 6.74. The number of rotatable bonds is 2. The molecule has 6 heteroatoms. The summed E-state index contributed by atoms with van der Waals surface area (Å²) in [6.45, 7) is 0. The Morgan fingerprint density at radius 2 is 1.57 bits per heavy atom. The van der Waals surface area contributed by atoms with Crippen molar-refractivity contribution in [2.24, 2.45) is 0 Å². The molecule has 0 saturated carbocycles. The maximum absolute atomic E-state index is 11.9. The number of carbonyl (C=O) groups excluding carboxylic acids is 1. The second-order valence-electron chi connectivity index (χ2n) is 2.52. The van der Waals surface area contributed by atoms with Crippen LogP contribution in [-0.2, 0) is 0 Å². The van der Waals surface area contributed by atoms with E-state index in [1.807, 2.05) is 0 Å². The van der Waals surface area contributed by atoms with Crippen LogP contribution in [0.3, 0.4) is 0 Å². The lowest BCUT2D eigenvalue weighted by Gasteiger charge is -2.05. The molecule has 0 aliphatic rings. The molecule has 0 radical (unpaired) electrons. The maximum atomic E-state index is 11.9. The van der Waals surface area contributed by atoms with Gasteiger partial charge in [0.2, 0.25) is 5.78 Å². The molecule has 0 bridgehead atoms. The number of phenols is 3. The molecule has 14 heavy (non-hydrogen) atoms. The van der Waals surface area contributed by atoms with Crippen molar-refractivity contribution in [1.82, 2.24) is 0 Å². The second kappa shape index (κ2) is 3.49. The quantitative estimate of drug-likeness (QED) is 0.633. The number of phenolic OH excluding ortho intramolecular Hbond substituents is 3. The largest absolute Gasteiger partial charge is 0.508 e. The first kappa shape index (κ1) is 10.2. The van der Waals surface area contributed by atoms with Gasteiger partial charge in [0.05, 0.1) is 0 Å². The number of hydrogen-bond acceptors (Lipinski definition) is 4. The molecule has 1 aromatic carbocycles. The van der Waals surface area contributed by atoms with E-state index in [4.69, 9.17) is 15.3 Å². The lowest BCUT2D eigenvalue weighted by atomic mass is 10.1. The molecule has 0 spiro atoms. The molecular formula is C8H6F2O4. The molecule has 0 aliphatic carbocycles. The molecule has 0 unspecified atom stereocenters.